The monoisotopic (exact) mass is 152 g/mol. The second kappa shape index (κ2) is 4.38. The summed E-state index contributed by atoms with van der Waals surface area (Å²) in [6, 6.07) is -1.11. The Morgan fingerprint density at radius 1 is 1.78 bits per heavy atom. The van der Waals surface area contributed by atoms with Gasteiger partial charge in [-0.25, -0.2) is 0 Å². The molecule has 0 aromatic rings. The van der Waals surface area contributed by atoms with E-state index in [9.17, 15) is 9.36 Å². The molecule has 0 aromatic heterocycles. The van der Waals surface area contributed by atoms with Crippen molar-refractivity contribution in [3.63, 3.8) is 0 Å². The molecule has 0 aromatic carbocycles. The van der Waals surface area contributed by atoms with Crippen LogP contribution in [-0.4, -0.2) is 28.8 Å². The molecule has 2 atom stereocenters. The van der Waals surface area contributed by atoms with Gasteiger partial charge in [0.1, 0.15) is 0 Å². The normalized spacial score (nSPS) is 13.4. The lowest BCUT2D eigenvalue weighted by molar-refractivity contribution is -0.139. The second-order valence-electron chi connectivity index (χ2n) is 1.32. The molecule has 0 rings (SSSR count). The van der Waals surface area contributed by atoms with Gasteiger partial charge in [0.15, 0.2) is 6.04 Å². The zero-order chi connectivity index (χ0) is 7.28. The van der Waals surface area contributed by atoms with Crippen molar-refractivity contribution in [1.29, 1.82) is 0 Å². The highest BCUT2D eigenvalue weighted by atomic mass is 31.1. The van der Waals surface area contributed by atoms with Crippen molar-refractivity contribution < 1.29 is 19.6 Å². The number of hydrogen-bond donors (Lipinski definition) is 3. The van der Waals surface area contributed by atoms with E-state index >= 15 is 0 Å². The van der Waals surface area contributed by atoms with Gasteiger partial charge in [-0.15, -0.1) is 0 Å². The van der Waals surface area contributed by atoms with E-state index in [-0.39, 0.29) is 0 Å². The van der Waals surface area contributed by atoms with Gasteiger partial charge in [-0.3, -0.25) is 4.79 Å². The van der Waals surface area contributed by atoms with Crippen LogP contribution >= 0.6 is 8.61 Å². The lowest BCUT2D eigenvalue weighted by atomic mass is 10.3. The Labute approximate surface area is 52.9 Å². The highest BCUT2D eigenvalue weighted by Crippen LogP contribution is 1.88. The number of aliphatic hydroxyl groups is 1. The SMILES string of the molecule is O=[PH+]NC(CO)C(=O)O. The molecule has 0 heterocycles. The van der Waals surface area contributed by atoms with E-state index in [1.54, 1.807) is 0 Å². The molecule has 0 aliphatic rings. The predicted molar refractivity (Wildman–Crippen MR) is 30.6 cm³/mol. The topological polar surface area (TPSA) is 86.6 Å². The third-order valence-electron chi connectivity index (χ3n) is 0.714. The molecule has 0 spiro atoms. The van der Waals surface area contributed by atoms with E-state index in [4.69, 9.17) is 10.2 Å². The Balaban J connectivity index is 3.67. The second-order valence-corrected chi connectivity index (χ2v) is 1.81. The van der Waals surface area contributed by atoms with Crippen molar-refractivity contribution in [3.05, 3.63) is 0 Å². The minimum absolute atomic E-state index is 0.551. The van der Waals surface area contributed by atoms with Crippen molar-refractivity contribution in [1.82, 2.24) is 5.09 Å². The number of carboxylic acids is 1. The Morgan fingerprint density at radius 3 is 2.44 bits per heavy atom. The molecule has 52 valence electrons. The molecule has 0 saturated carbocycles. The lowest BCUT2D eigenvalue weighted by Crippen LogP contribution is -2.33. The largest absolute Gasteiger partial charge is 0.480 e. The molecule has 0 aliphatic heterocycles. The van der Waals surface area contributed by atoms with Crippen LogP contribution in [0.3, 0.4) is 0 Å². The molecule has 0 amide bonds. The van der Waals surface area contributed by atoms with Crippen molar-refractivity contribution in [2.75, 3.05) is 6.61 Å². The van der Waals surface area contributed by atoms with E-state index in [0.29, 0.717) is 0 Å². The standard InChI is InChI=1S/C3H6NO4P/c5-1-2(3(6)7)4-9-8/h2,5H,1H2,(H,4,8)(H,6,7)/p+1. The van der Waals surface area contributed by atoms with Gasteiger partial charge in [0.2, 0.25) is 0 Å². The summed E-state index contributed by atoms with van der Waals surface area (Å²) in [6.07, 6.45) is 0. The van der Waals surface area contributed by atoms with E-state index in [1.165, 1.54) is 0 Å². The molecule has 0 saturated heterocycles. The molecule has 0 aliphatic carbocycles. The first-order valence-corrected chi connectivity index (χ1v) is 3.09. The first-order valence-electron chi connectivity index (χ1n) is 2.18. The number of nitrogens with one attached hydrogen (secondary N) is 1. The van der Waals surface area contributed by atoms with Crippen LogP contribution in [0.2, 0.25) is 0 Å². The van der Waals surface area contributed by atoms with E-state index in [2.05, 4.69) is 5.09 Å². The van der Waals surface area contributed by atoms with Crippen molar-refractivity contribution in [3.8, 4) is 0 Å². The van der Waals surface area contributed by atoms with Gasteiger partial charge < -0.3 is 10.2 Å². The molecule has 5 nitrogen and oxygen atoms in total. The van der Waals surface area contributed by atoms with Crippen LogP contribution in [0.4, 0.5) is 0 Å². The summed E-state index contributed by atoms with van der Waals surface area (Å²) < 4.78 is 9.75. The summed E-state index contributed by atoms with van der Waals surface area (Å²) in [5, 5.41) is 18.5. The fraction of sp³-hybridized carbons (Fsp3) is 0.667. The smallest absolute Gasteiger partial charge is 0.419 e. The van der Waals surface area contributed by atoms with Crippen LogP contribution < -0.4 is 5.09 Å². The van der Waals surface area contributed by atoms with Crippen LogP contribution in [0.5, 0.6) is 0 Å². The van der Waals surface area contributed by atoms with Crippen LogP contribution in [0.15, 0.2) is 0 Å². The maximum absolute atomic E-state index is 9.96. The number of hydrogen-bond acceptors (Lipinski definition) is 3. The van der Waals surface area contributed by atoms with Crippen LogP contribution in [0.1, 0.15) is 0 Å². The first-order chi connectivity index (χ1) is 4.22. The molecular formula is C3H7NO4P+. The number of aliphatic carboxylic acids is 1. The Kier molecular flexibility index (Phi) is 4.13. The first kappa shape index (κ1) is 8.49. The van der Waals surface area contributed by atoms with Crippen LogP contribution in [-0.2, 0) is 9.36 Å². The minimum atomic E-state index is -1.21. The number of carbonyl (C=O) groups is 1. The number of aliphatic hydroxyl groups excluding tert-OH is 1. The van der Waals surface area contributed by atoms with E-state index in [0.717, 1.165) is 0 Å². The molecule has 6 heteroatoms. The molecule has 0 radical (unpaired) electrons. The summed E-state index contributed by atoms with van der Waals surface area (Å²) in [5.41, 5.74) is 0. The maximum Gasteiger partial charge on any atom is 0.419 e. The summed E-state index contributed by atoms with van der Waals surface area (Å²) in [4.78, 5) is 9.96. The molecule has 0 bridgehead atoms. The minimum Gasteiger partial charge on any atom is -0.480 e. The quantitative estimate of drug-likeness (QED) is 0.448. The Morgan fingerprint density at radius 2 is 2.33 bits per heavy atom. The fourth-order valence-electron chi connectivity index (χ4n) is 0.257. The average Bonchev–Trinajstić information content (AvgIpc) is 1.82. The van der Waals surface area contributed by atoms with Gasteiger partial charge in [0, 0.05) is 0 Å². The third kappa shape index (κ3) is 3.13. The average molecular weight is 152 g/mol. The van der Waals surface area contributed by atoms with Gasteiger partial charge in [0.25, 0.3) is 0 Å². The summed E-state index contributed by atoms with van der Waals surface area (Å²) >= 11 is 0. The van der Waals surface area contributed by atoms with Gasteiger partial charge in [0.05, 0.1) is 6.61 Å². The van der Waals surface area contributed by atoms with Gasteiger partial charge in [-0.2, -0.15) is 0 Å². The summed E-state index contributed by atoms with van der Waals surface area (Å²) in [6.45, 7) is -0.551. The molecule has 9 heavy (non-hydrogen) atoms. The summed E-state index contributed by atoms with van der Waals surface area (Å²) in [5.74, 6) is -1.21. The molecule has 0 fully saturated rings. The molecule has 3 N–H and O–H groups in total. The van der Waals surface area contributed by atoms with Gasteiger partial charge in [-0.05, 0) is 0 Å². The third-order valence-corrected chi connectivity index (χ3v) is 1.18. The fourth-order valence-corrected chi connectivity index (χ4v) is 0.614. The van der Waals surface area contributed by atoms with Gasteiger partial charge in [-0.1, -0.05) is 9.65 Å². The Bertz CT molecular complexity index is 116. The van der Waals surface area contributed by atoms with E-state index < -0.39 is 27.2 Å². The van der Waals surface area contributed by atoms with Crippen LogP contribution in [0, 0.1) is 0 Å². The lowest BCUT2D eigenvalue weighted by Gasteiger charge is -1.98. The van der Waals surface area contributed by atoms with E-state index in [1.807, 2.05) is 0 Å². The molecule has 2 unspecified atom stereocenters. The predicted octanol–water partition coefficient (Wildman–Crippen LogP) is -1.04. The zero-order valence-electron chi connectivity index (χ0n) is 4.50. The number of rotatable bonds is 4. The number of carboxylic acid groups (broad SMARTS) is 1. The van der Waals surface area contributed by atoms with Crippen molar-refractivity contribution >= 4 is 14.6 Å². The van der Waals surface area contributed by atoms with Crippen LogP contribution in [0.25, 0.3) is 0 Å². The summed E-state index contributed by atoms with van der Waals surface area (Å²) in [7, 11) is -0.903. The molecular weight excluding hydrogens is 145 g/mol. The highest BCUT2D eigenvalue weighted by molar-refractivity contribution is 7.21. The van der Waals surface area contributed by atoms with Gasteiger partial charge >= 0.3 is 14.6 Å². The zero-order valence-corrected chi connectivity index (χ0v) is 5.50. The Hall–Kier alpha value is -0.510. The van der Waals surface area contributed by atoms with Crippen molar-refractivity contribution in [2.24, 2.45) is 0 Å². The van der Waals surface area contributed by atoms with Crippen molar-refractivity contribution in [2.45, 2.75) is 6.04 Å². The highest BCUT2D eigenvalue weighted by Gasteiger charge is 2.17. The maximum atomic E-state index is 9.96.